The van der Waals surface area contributed by atoms with Gasteiger partial charge in [0.1, 0.15) is 11.8 Å². The van der Waals surface area contributed by atoms with E-state index in [2.05, 4.69) is 47.1 Å². The second kappa shape index (κ2) is 14.3. The zero-order valence-electron chi connectivity index (χ0n) is 24.6. The second-order valence-electron chi connectivity index (χ2n) is 12.2. The number of rotatable bonds is 11. The Bertz CT molecular complexity index is 1100. The molecular weight excluding hydrogens is 514 g/mol. The van der Waals surface area contributed by atoms with E-state index in [4.69, 9.17) is 4.74 Å². The first-order valence-corrected chi connectivity index (χ1v) is 15.7. The monoisotopic (exact) mass is 561 g/mol. The Morgan fingerprint density at radius 2 is 1.59 bits per heavy atom. The van der Waals surface area contributed by atoms with E-state index in [0.717, 1.165) is 77.0 Å². The van der Waals surface area contributed by atoms with Gasteiger partial charge in [-0.25, -0.2) is 0 Å². The van der Waals surface area contributed by atoms with Gasteiger partial charge < -0.3 is 19.6 Å². The minimum absolute atomic E-state index is 0.0489. The largest absolute Gasteiger partial charge is 0.484 e. The number of aliphatic carboxylic acids is 1. The summed E-state index contributed by atoms with van der Waals surface area (Å²) in [6, 6.07) is 20.1. The van der Waals surface area contributed by atoms with Gasteiger partial charge in [0.25, 0.3) is 5.91 Å². The third-order valence-electron chi connectivity index (χ3n) is 9.70. The number of hydrogen-bond acceptors (Lipinski definition) is 5. The van der Waals surface area contributed by atoms with Crippen LogP contribution in [0.15, 0.2) is 60.7 Å². The van der Waals surface area contributed by atoms with E-state index in [9.17, 15) is 14.7 Å². The molecule has 2 saturated heterocycles. The molecule has 1 saturated carbocycles. The smallest absolute Gasteiger partial charge is 0.321 e. The molecule has 1 amide bonds. The molecule has 0 spiro atoms. The summed E-state index contributed by atoms with van der Waals surface area (Å²) in [6.07, 6.45) is 7.51. The Morgan fingerprint density at radius 3 is 2.22 bits per heavy atom. The number of likely N-dealkylation sites (tertiary alicyclic amines) is 2. The Kier molecular flexibility index (Phi) is 10.3. The van der Waals surface area contributed by atoms with Crippen molar-refractivity contribution < 1.29 is 19.4 Å². The fourth-order valence-electron chi connectivity index (χ4n) is 7.63. The number of carboxylic acid groups (broad SMARTS) is 1. The van der Waals surface area contributed by atoms with Gasteiger partial charge in [-0.3, -0.25) is 14.5 Å². The maximum atomic E-state index is 13.0. The van der Waals surface area contributed by atoms with Crippen LogP contribution in [0.1, 0.15) is 63.4 Å². The van der Waals surface area contributed by atoms with Gasteiger partial charge in [0.15, 0.2) is 6.61 Å². The van der Waals surface area contributed by atoms with Crippen molar-refractivity contribution in [3.8, 4) is 5.75 Å². The van der Waals surface area contributed by atoms with Crippen LogP contribution in [-0.2, 0) is 9.59 Å². The van der Waals surface area contributed by atoms with E-state index < -0.39 is 5.97 Å². The average Bonchev–Trinajstić information content (AvgIpc) is 3.41. The lowest BCUT2D eigenvalue weighted by atomic mass is 9.83. The summed E-state index contributed by atoms with van der Waals surface area (Å²) in [4.78, 5) is 32.4. The number of para-hydroxylation sites is 1. The number of benzene rings is 2. The van der Waals surface area contributed by atoms with Gasteiger partial charge in [-0.2, -0.15) is 0 Å². The predicted molar refractivity (Wildman–Crippen MR) is 161 cm³/mol. The Hall–Kier alpha value is -2.90. The molecule has 0 aromatic heterocycles. The van der Waals surface area contributed by atoms with Crippen LogP contribution in [0.5, 0.6) is 5.75 Å². The fraction of sp³-hybridized carbons (Fsp3) is 0.588. The van der Waals surface area contributed by atoms with Crippen LogP contribution in [-0.4, -0.2) is 89.6 Å². The summed E-state index contributed by atoms with van der Waals surface area (Å²) >= 11 is 0. The number of ether oxygens (including phenoxy) is 1. The highest BCUT2D eigenvalue weighted by molar-refractivity contribution is 5.78. The van der Waals surface area contributed by atoms with Crippen LogP contribution in [0.25, 0.3) is 0 Å². The molecule has 222 valence electrons. The van der Waals surface area contributed by atoms with Gasteiger partial charge in [-0.05, 0) is 62.1 Å². The molecule has 1 aliphatic carbocycles. The number of carboxylic acids is 1. The summed E-state index contributed by atoms with van der Waals surface area (Å²) < 4.78 is 5.75. The third kappa shape index (κ3) is 7.49. The number of nitrogens with zero attached hydrogens (tertiary/aromatic N) is 3. The van der Waals surface area contributed by atoms with Gasteiger partial charge >= 0.3 is 5.97 Å². The zero-order valence-corrected chi connectivity index (χ0v) is 24.6. The van der Waals surface area contributed by atoms with Crippen molar-refractivity contribution in [2.24, 2.45) is 11.8 Å². The van der Waals surface area contributed by atoms with Gasteiger partial charge in [0.05, 0.1) is 0 Å². The Balaban J connectivity index is 1.20. The molecule has 5 rings (SSSR count). The topological polar surface area (TPSA) is 73.3 Å². The summed E-state index contributed by atoms with van der Waals surface area (Å²) in [6.45, 7) is 7.34. The predicted octanol–water partition coefficient (Wildman–Crippen LogP) is 5.13. The molecule has 2 aromatic carbocycles. The summed E-state index contributed by atoms with van der Waals surface area (Å²) in [7, 11) is 0. The lowest BCUT2D eigenvalue weighted by molar-refractivity contribution is -0.145. The highest BCUT2D eigenvalue weighted by Crippen LogP contribution is 2.38. The van der Waals surface area contributed by atoms with Gasteiger partial charge in [0.2, 0.25) is 0 Å². The minimum atomic E-state index is -0.647. The fourth-order valence-corrected chi connectivity index (χ4v) is 7.63. The van der Waals surface area contributed by atoms with Crippen molar-refractivity contribution in [2.75, 3.05) is 45.9 Å². The zero-order chi connectivity index (χ0) is 28.6. The molecule has 41 heavy (non-hydrogen) atoms. The van der Waals surface area contributed by atoms with E-state index in [1.807, 2.05) is 35.2 Å². The van der Waals surface area contributed by atoms with Crippen LogP contribution in [0.2, 0.25) is 0 Å². The van der Waals surface area contributed by atoms with E-state index >= 15 is 0 Å². The molecular formula is C34H47N3O4. The number of amides is 1. The standard InChI is InChI=1S/C34H47N3O4/c1-2-37(32(38)25-41-30-16-10-5-11-17-30)29-18-20-35(21-19-29)22-28-23-36(24-31(28)26-12-6-3-7-13-26)33(34(39)40)27-14-8-4-9-15-27/h3,5-7,10-13,16-17,27-29,31,33H,2,4,8-9,14-15,18-25H2,1H3,(H,39,40). The van der Waals surface area contributed by atoms with E-state index in [-0.39, 0.29) is 30.5 Å². The Labute approximate surface area is 245 Å². The molecule has 2 aliphatic heterocycles. The summed E-state index contributed by atoms with van der Waals surface area (Å²) in [5, 5.41) is 10.3. The maximum absolute atomic E-state index is 13.0. The lowest BCUT2D eigenvalue weighted by Crippen LogP contribution is -2.49. The molecule has 3 aliphatic rings. The average molecular weight is 562 g/mol. The summed E-state index contributed by atoms with van der Waals surface area (Å²) in [5.41, 5.74) is 1.32. The molecule has 3 unspecified atom stereocenters. The van der Waals surface area contributed by atoms with Crippen molar-refractivity contribution in [3.05, 3.63) is 66.2 Å². The first-order valence-electron chi connectivity index (χ1n) is 15.7. The molecule has 0 bridgehead atoms. The lowest BCUT2D eigenvalue weighted by Gasteiger charge is -2.39. The van der Waals surface area contributed by atoms with Crippen LogP contribution in [0.3, 0.4) is 0 Å². The highest BCUT2D eigenvalue weighted by atomic mass is 16.5. The van der Waals surface area contributed by atoms with E-state index in [1.54, 1.807) is 0 Å². The third-order valence-corrected chi connectivity index (χ3v) is 9.70. The van der Waals surface area contributed by atoms with Crippen molar-refractivity contribution in [1.82, 2.24) is 14.7 Å². The van der Waals surface area contributed by atoms with E-state index in [0.29, 0.717) is 18.4 Å². The molecule has 2 heterocycles. The molecule has 0 radical (unpaired) electrons. The number of likely N-dealkylation sites (N-methyl/N-ethyl adjacent to an activating group) is 1. The first kappa shape index (κ1) is 29.6. The van der Waals surface area contributed by atoms with Gasteiger partial charge in [-0.15, -0.1) is 0 Å². The molecule has 2 aromatic rings. The molecule has 3 atom stereocenters. The summed E-state index contributed by atoms with van der Waals surface area (Å²) in [5.74, 6) is 1.11. The number of hydrogen-bond donors (Lipinski definition) is 1. The quantitative estimate of drug-likeness (QED) is 0.410. The van der Waals surface area contributed by atoms with Crippen molar-refractivity contribution in [3.63, 3.8) is 0 Å². The molecule has 7 nitrogen and oxygen atoms in total. The minimum Gasteiger partial charge on any atom is -0.484 e. The number of carbonyl (C=O) groups excluding carboxylic acids is 1. The molecule has 3 fully saturated rings. The molecule has 1 N–H and O–H groups in total. The number of carbonyl (C=O) groups is 2. The van der Waals surface area contributed by atoms with Crippen LogP contribution >= 0.6 is 0 Å². The maximum Gasteiger partial charge on any atom is 0.321 e. The van der Waals surface area contributed by atoms with Crippen molar-refractivity contribution >= 4 is 11.9 Å². The Morgan fingerprint density at radius 1 is 0.927 bits per heavy atom. The first-order chi connectivity index (χ1) is 20.0. The van der Waals surface area contributed by atoms with Gasteiger partial charge in [-0.1, -0.05) is 67.8 Å². The number of piperidine rings is 1. The molecule has 7 heteroatoms. The normalized spacial score (nSPS) is 23.7. The van der Waals surface area contributed by atoms with Gasteiger partial charge in [0, 0.05) is 51.2 Å². The van der Waals surface area contributed by atoms with Crippen LogP contribution < -0.4 is 4.74 Å². The SMILES string of the molecule is CCN(C(=O)COc1ccccc1)C1CCN(CC2CN(C(C(=O)O)C3CCCCC3)CC2c2ccccc2)CC1. The van der Waals surface area contributed by atoms with Crippen molar-refractivity contribution in [2.45, 2.75) is 69.9 Å². The second-order valence-corrected chi connectivity index (χ2v) is 12.2. The van der Waals surface area contributed by atoms with E-state index in [1.165, 1.54) is 12.0 Å². The highest BCUT2D eigenvalue weighted by Gasteiger charge is 2.43. The van der Waals surface area contributed by atoms with Crippen LogP contribution in [0.4, 0.5) is 0 Å². The van der Waals surface area contributed by atoms with Crippen molar-refractivity contribution in [1.29, 1.82) is 0 Å². The van der Waals surface area contributed by atoms with Crippen LogP contribution in [0, 0.1) is 11.8 Å².